The van der Waals surface area contributed by atoms with Crippen LogP contribution in [0.25, 0.3) is 0 Å². The van der Waals surface area contributed by atoms with E-state index in [0.29, 0.717) is 0 Å². The van der Waals surface area contributed by atoms with Crippen LogP contribution in [0.2, 0.25) is 6.55 Å². The third-order valence-electron chi connectivity index (χ3n) is 0.707. The molecule has 0 aliphatic rings. The minimum atomic E-state index is 0. The molecule has 0 N–H and O–H groups in total. The first-order valence-electron chi connectivity index (χ1n) is 2.06. The SMILES string of the molecule is C[SiH2][C-](C)C.[Li+]. The summed E-state index contributed by atoms with van der Waals surface area (Å²) in [7, 11) is 0.265. The van der Waals surface area contributed by atoms with Crippen LogP contribution in [0.1, 0.15) is 13.8 Å². The molecule has 2 heteroatoms. The predicted molar refractivity (Wildman–Crippen MR) is 29.0 cm³/mol. The third kappa shape index (κ3) is 8.84. The summed E-state index contributed by atoms with van der Waals surface area (Å²) < 4.78 is 0. The van der Waals surface area contributed by atoms with Gasteiger partial charge in [-0.15, -0.1) is 16.1 Å². The van der Waals surface area contributed by atoms with Crippen LogP contribution >= 0.6 is 0 Å². The summed E-state index contributed by atoms with van der Waals surface area (Å²) in [5.74, 6) is 0. The van der Waals surface area contributed by atoms with Crippen molar-refractivity contribution in [2.45, 2.75) is 20.4 Å². The molecule has 0 rings (SSSR count). The van der Waals surface area contributed by atoms with Gasteiger partial charge >= 0.3 is 18.9 Å². The molecule has 0 aromatic carbocycles. The Morgan fingerprint density at radius 1 is 1.33 bits per heavy atom. The van der Waals surface area contributed by atoms with Gasteiger partial charge < -0.3 is 5.54 Å². The second-order valence-corrected chi connectivity index (χ2v) is 3.68. The van der Waals surface area contributed by atoms with Crippen LogP contribution in [0.5, 0.6) is 0 Å². The van der Waals surface area contributed by atoms with Crippen molar-refractivity contribution >= 4 is 9.52 Å². The zero-order valence-corrected chi connectivity index (χ0v) is 6.62. The van der Waals surface area contributed by atoms with Crippen molar-refractivity contribution in [1.82, 2.24) is 0 Å². The van der Waals surface area contributed by atoms with Crippen molar-refractivity contribution in [2.75, 3.05) is 0 Å². The minimum absolute atomic E-state index is 0. The van der Waals surface area contributed by atoms with Crippen LogP contribution in [-0.4, -0.2) is 9.52 Å². The molecule has 0 heterocycles. The summed E-state index contributed by atoms with van der Waals surface area (Å²) in [6, 6.07) is 0. The number of hydrogen-bond acceptors (Lipinski definition) is 0. The maximum atomic E-state index is 2.30. The van der Waals surface area contributed by atoms with Crippen LogP contribution < -0.4 is 18.9 Å². The molecule has 0 aliphatic heterocycles. The minimum Gasteiger partial charge on any atom is -0.324 e. The molecule has 0 unspecified atom stereocenters. The largest absolute Gasteiger partial charge is 1.00 e. The molecule has 0 aliphatic carbocycles. The van der Waals surface area contributed by atoms with Crippen LogP contribution in [0.3, 0.4) is 0 Å². The smallest absolute Gasteiger partial charge is 0.324 e. The molecule has 0 radical (unpaired) electrons. The van der Waals surface area contributed by atoms with E-state index in [2.05, 4.69) is 20.4 Å². The van der Waals surface area contributed by atoms with Crippen molar-refractivity contribution in [3.8, 4) is 0 Å². The van der Waals surface area contributed by atoms with Crippen LogP contribution in [0.15, 0.2) is 0 Å². The molecule has 0 saturated heterocycles. The average Bonchev–Trinajstić information content (AvgIpc) is 1.38. The number of rotatable bonds is 1. The molecule has 0 aromatic rings. The Bertz CT molecular complexity index is 21.5. The molecule has 32 valence electrons. The first kappa shape index (κ1) is 9.94. The molecule has 0 fully saturated rings. The van der Waals surface area contributed by atoms with Crippen LogP contribution in [0, 0.1) is 5.54 Å². The second-order valence-electron chi connectivity index (χ2n) is 1.56. The van der Waals surface area contributed by atoms with Crippen molar-refractivity contribution < 1.29 is 18.9 Å². The van der Waals surface area contributed by atoms with Gasteiger partial charge in [0.2, 0.25) is 0 Å². The van der Waals surface area contributed by atoms with E-state index in [1.165, 1.54) is 0 Å². The molecular formula is C4H11LiSi. The fourth-order valence-corrected chi connectivity index (χ4v) is 0. The van der Waals surface area contributed by atoms with Crippen LogP contribution in [0.4, 0.5) is 0 Å². The number of hydrogen-bond donors (Lipinski definition) is 0. The summed E-state index contributed by atoms with van der Waals surface area (Å²) >= 11 is 0. The van der Waals surface area contributed by atoms with E-state index in [9.17, 15) is 0 Å². The fourth-order valence-electron chi connectivity index (χ4n) is 0. The maximum Gasteiger partial charge on any atom is 1.00 e. The van der Waals surface area contributed by atoms with Gasteiger partial charge in [-0.05, 0) is 0 Å². The first-order chi connectivity index (χ1) is 2.27. The van der Waals surface area contributed by atoms with E-state index < -0.39 is 0 Å². The van der Waals surface area contributed by atoms with Gasteiger partial charge in [0.25, 0.3) is 0 Å². The van der Waals surface area contributed by atoms with Crippen molar-refractivity contribution in [2.24, 2.45) is 0 Å². The summed E-state index contributed by atoms with van der Waals surface area (Å²) in [6.45, 7) is 6.70. The van der Waals surface area contributed by atoms with Gasteiger partial charge in [-0.3, -0.25) is 0 Å². The van der Waals surface area contributed by atoms with Crippen molar-refractivity contribution in [3.63, 3.8) is 0 Å². The van der Waals surface area contributed by atoms with E-state index >= 15 is 0 Å². The van der Waals surface area contributed by atoms with Gasteiger partial charge in [-0.1, -0.05) is 0 Å². The summed E-state index contributed by atoms with van der Waals surface area (Å²) in [4.78, 5) is 0. The Hall–Kier alpha value is 0.814. The molecule has 0 atom stereocenters. The monoisotopic (exact) mass is 94.1 g/mol. The molecule has 0 amide bonds. The molecule has 0 saturated carbocycles. The van der Waals surface area contributed by atoms with Crippen LogP contribution in [-0.2, 0) is 0 Å². The van der Waals surface area contributed by atoms with Gasteiger partial charge in [0.15, 0.2) is 0 Å². The van der Waals surface area contributed by atoms with E-state index in [-0.39, 0.29) is 28.4 Å². The summed E-state index contributed by atoms with van der Waals surface area (Å²) in [5, 5.41) is 0. The van der Waals surface area contributed by atoms with Gasteiger partial charge in [0, 0.05) is 0 Å². The Morgan fingerprint density at radius 2 is 1.50 bits per heavy atom. The summed E-state index contributed by atoms with van der Waals surface area (Å²) in [5.41, 5.74) is 1.64. The molecular weight excluding hydrogens is 83.1 g/mol. The standard InChI is InChI=1S/C4H11Si.Li/c1-4(2)5-3;/h5H2,1-3H3;/q-1;+1. The molecule has 0 bridgehead atoms. The third-order valence-corrected chi connectivity index (χ3v) is 2.12. The topological polar surface area (TPSA) is 0 Å². The quantitative estimate of drug-likeness (QED) is 0.255. The molecule has 0 nitrogen and oxygen atoms in total. The van der Waals surface area contributed by atoms with Gasteiger partial charge in [0.1, 0.15) is 0 Å². The van der Waals surface area contributed by atoms with E-state index in [0.717, 1.165) is 0 Å². The van der Waals surface area contributed by atoms with E-state index in [1.807, 2.05) is 0 Å². The fraction of sp³-hybridized carbons (Fsp3) is 0.750. The van der Waals surface area contributed by atoms with Crippen molar-refractivity contribution in [3.05, 3.63) is 5.54 Å². The Kier molecular flexibility index (Phi) is 9.63. The molecule has 0 aromatic heterocycles. The Morgan fingerprint density at radius 3 is 1.50 bits per heavy atom. The van der Waals surface area contributed by atoms with Crippen molar-refractivity contribution in [1.29, 1.82) is 0 Å². The van der Waals surface area contributed by atoms with E-state index in [1.54, 1.807) is 5.54 Å². The second kappa shape index (κ2) is 5.81. The maximum absolute atomic E-state index is 2.30. The van der Waals surface area contributed by atoms with E-state index in [4.69, 9.17) is 0 Å². The molecule has 0 spiro atoms. The normalized spacial score (nSPS) is 10.0. The molecule has 6 heavy (non-hydrogen) atoms. The van der Waals surface area contributed by atoms with Gasteiger partial charge in [0.05, 0.1) is 0 Å². The predicted octanol–water partition coefficient (Wildman–Crippen LogP) is -2.22. The summed E-state index contributed by atoms with van der Waals surface area (Å²) in [6.07, 6.45) is 0. The zero-order valence-electron chi connectivity index (χ0n) is 5.21. The average molecular weight is 94.2 g/mol. The van der Waals surface area contributed by atoms with Gasteiger partial charge in [-0.25, -0.2) is 0 Å². The zero-order chi connectivity index (χ0) is 4.28. The Labute approximate surface area is 54.7 Å². The first-order valence-corrected chi connectivity index (χ1v) is 4.18. The van der Waals surface area contributed by atoms with Gasteiger partial charge in [-0.2, -0.15) is 13.8 Å². The Balaban J connectivity index is 0.